The van der Waals surface area contributed by atoms with Crippen LogP contribution in [0.3, 0.4) is 0 Å². The molecule has 1 heterocycles. The van der Waals surface area contributed by atoms with E-state index in [0.717, 1.165) is 11.0 Å². The number of hydrogen-bond acceptors (Lipinski definition) is 4. The lowest BCUT2D eigenvalue weighted by atomic mass is 9.75. The Morgan fingerprint density at radius 2 is 1.70 bits per heavy atom. The van der Waals surface area contributed by atoms with E-state index in [4.69, 9.17) is 14.0 Å². The number of rotatable bonds is 3. The van der Waals surface area contributed by atoms with Crippen LogP contribution in [0.25, 0.3) is 0 Å². The van der Waals surface area contributed by atoms with E-state index in [1.807, 2.05) is 52.8 Å². The maximum atomic E-state index is 9.79. The molecule has 1 N–H and O–H groups in total. The lowest BCUT2D eigenvalue weighted by Gasteiger charge is -2.32. The minimum atomic E-state index is -0.934. The summed E-state index contributed by atoms with van der Waals surface area (Å²) in [5.41, 5.74) is 1.94. The van der Waals surface area contributed by atoms with E-state index in [2.05, 4.69) is 0 Å². The molecule has 1 aliphatic rings. The molecule has 0 spiro atoms. The molecule has 0 saturated carbocycles. The zero-order chi connectivity index (χ0) is 15.1. The maximum Gasteiger partial charge on any atom is 0.495 e. The fourth-order valence-corrected chi connectivity index (χ4v) is 2.17. The highest BCUT2D eigenvalue weighted by Gasteiger charge is 2.52. The third kappa shape index (κ3) is 2.63. The summed E-state index contributed by atoms with van der Waals surface area (Å²) >= 11 is 0. The van der Waals surface area contributed by atoms with Crippen molar-refractivity contribution in [2.45, 2.75) is 52.1 Å². The number of aryl methyl sites for hydroxylation is 1. The molecule has 4 nitrogen and oxygen atoms in total. The van der Waals surface area contributed by atoms with Gasteiger partial charge in [0.2, 0.25) is 0 Å². The van der Waals surface area contributed by atoms with Gasteiger partial charge in [-0.2, -0.15) is 0 Å². The molecule has 1 fully saturated rings. The first kappa shape index (κ1) is 15.5. The van der Waals surface area contributed by atoms with Gasteiger partial charge in [0.15, 0.2) is 6.29 Å². The number of methoxy groups -OCH3 is 1. The SMILES string of the molecule is COC(O)c1ccc(C)c(B2OC(C)(C)C(C)(C)O2)c1. The highest BCUT2D eigenvalue weighted by molar-refractivity contribution is 6.62. The molecule has 1 atom stereocenters. The second-order valence-corrected chi connectivity index (χ2v) is 6.29. The van der Waals surface area contributed by atoms with Gasteiger partial charge in [0.1, 0.15) is 0 Å². The lowest BCUT2D eigenvalue weighted by Crippen LogP contribution is -2.41. The van der Waals surface area contributed by atoms with Gasteiger partial charge in [-0.15, -0.1) is 0 Å². The van der Waals surface area contributed by atoms with Gasteiger partial charge >= 0.3 is 7.12 Å². The molecule has 1 aliphatic heterocycles. The van der Waals surface area contributed by atoms with Crippen molar-refractivity contribution in [3.05, 3.63) is 29.3 Å². The zero-order valence-corrected chi connectivity index (χ0v) is 13.1. The smallest absolute Gasteiger partial charge is 0.399 e. The standard InChI is InChI=1S/C15H23BO4/c1-10-7-8-11(13(17)18-6)9-12(10)16-19-14(2,3)15(4,5)20-16/h7-9,13,17H,1-6H3. The second kappa shape index (κ2) is 5.15. The fraction of sp³-hybridized carbons (Fsp3) is 0.600. The minimum Gasteiger partial charge on any atom is -0.399 e. The van der Waals surface area contributed by atoms with E-state index >= 15 is 0 Å². The predicted octanol–water partition coefficient (Wildman–Crippen LogP) is 1.93. The zero-order valence-electron chi connectivity index (χ0n) is 13.1. The van der Waals surface area contributed by atoms with Crippen LogP contribution in [-0.2, 0) is 14.0 Å². The van der Waals surface area contributed by atoms with Crippen molar-refractivity contribution >= 4 is 12.6 Å². The van der Waals surface area contributed by atoms with E-state index in [-0.39, 0.29) is 11.2 Å². The van der Waals surface area contributed by atoms with Gasteiger partial charge in [0.25, 0.3) is 0 Å². The molecular formula is C15H23BO4. The van der Waals surface area contributed by atoms with Gasteiger partial charge in [-0.25, -0.2) is 0 Å². The van der Waals surface area contributed by atoms with Crippen LogP contribution in [0.2, 0.25) is 0 Å². The van der Waals surface area contributed by atoms with Crippen LogP contribution >= 0.6 is 0 Å². The summed E-state index contributed by atoms with van der Waals surface area (Å²) in [6.45, 7) is 10.1. The number of ether oxygens (including phenoxy) is 1. The Labute approximate surface area is 121 Å². The van der Waals surface area contributed by atoms with Crippen molar-refractivity contribution in [1.82, 2.24) is 0 Å². The van der Waals surface area contributed by atoms with Crippen molar-refractivity contribution in [2.24, 2.45) is 0 Å². The molecule has 1 saturated heterocycles. The lowest BCUT2D eigenvalue weighted by molar-refractivity contribution is -0.0768. The summed E-state index contributed by atoms with van der Waals surface area (Å²) in [7, 11) is 1.04. The van der Waals surface area contributed by atoms with Crippen molar-refractivity contribution in [1.29, 1.82) is 0 Å². The maximum absolute atomic E-state index is 9.79. The van der Waals surface area contributed by atoms with Gasteiger partial charge in [-0.1, -0.05) is 23.8 Å². The average molecular weight is 278 g/mol. The normalized spacial score (nSPS) is 22.1. The first-order chi connectivity index (χ1) is 9.18. The number of benzene rings is 1. The van der Waals surface area contributed by atoms with Crippen molar-refractivity contribution in [3.63, 3.8) is 0 Å². The first-order valence-corrected chi connectivity index (χ1v) is 6.85. The molecule has 5 heteroatoms. The Hall–Kier alpha value is -0.875. The molecule has 1 unspecified atom stereocenters. The summed E-state index contributed by atoms with van der Waals surface area (Å²) in [5.74, 6) is 0. The van der Waals surface area contributed by atoms with Gasteiger partial charge in [0.05, 0.1) is 11.2 Å². The Kier molecular flexibility index (Phi) is 3.99. The summed E-state index contributed by atoms with van der Waals surface area (Å²) in [4.78, 5) is 0. The average Bonchev–Trinajstić information content (AvgIpc) is 2.58. The van der Waals surface area contributed by atoms with Crippen molar-refractivity contribution in [2.75, 3.05) is 7.11 Å². The fourth-order valence-electron chi connectivity index (χ4n) is 2.17. The highest BCUT2D eigenvalue weighted by Crippen LogP contribution is 2.36. The minimum absolute atomic E-state index is 0.375. The highest BCUT2D eigenvalue weighted by atomic mass is 16.7. The quantitative estimate of drug-likeness (QED) is 0.678. The number of hydrogen-bond donors (Lipinski definition) is 1. The summed E-state index contributed by atoms with van der Waals surface area (Å²) in [6.07, 6.45) is -0.934. The molecule has 0 bridgehead atoms. The molecule has 1 aromatic rings. The van der Waals surface area contributed by atoms with E-state index in [0.29, 0.717) is 5.56 Å². The van der Waals surface area contributed by atoms with Crippen LogP contribution in [0.4, 0.5) is 0 Å². The molecule has 0 aliphatic carbocycles. The predicted molar refractivity (Wildman–Crippen MR) is 78.9 cm³/mol. The molecule has 0 aromatic heterocycles. The molecule has 2 rings (SSSR count). The van der Waals surface area contributed by atoms with Gasteiger partial charge in [0, 0.05) is 12.7 Å². The molecule has 110 valence electrons. The Bertz CT molecular complexity index is 483. The summed E-state index contributed by atoms with van der Waals surface area (Å²) < 4.78 is 17.1. The third-order valence-electron chi connectivity index (χ3n) is 4.32. The summed E-state index contributed by atoms with van der Waals surface area (Å²) in [6, 6.07) is 5.67. The number of aliphatic hydroxyl groups excluding tert-OH is 1. The van der Waals surface area contributed by atoms with Crippen LogP contribution in [0, 0.1) is 6.92 Å². The topological polar surface area (TPSA) is 47.9 Å². The van der Waals surface area contributed by atoms with Crippen molar-refractivity contribution < 1.29 is 19.2 Å². The molecule has 0 radical (unpaired) electrons. The molecular weight excluding hydrogens is 255 g/mol. The van der Waals surface area contributed by atoms with Crippen LogP contribution in [-0.4, -0.2) is 30.5 Å². The second-order valence-electron chi connectivity index (χ2n) is 6.29. The van der Waals surface area contributed by atoms with E-state index in [9.17, 15) is 5.11 Å². The summed E-state index contributed by atoms with van der Waals surface area (Å²) in [5, 5.41) is 9.79. The Morgan fingerprint density at radius 1 is 1.15 bits per heavy atom. The van der Waals surface area contributed by atoms with Crippen molar-refractivity contribution in [3.8, 4) is 0 Å². The Balaban J connectivity index is 2.34. The monoisotopic (exact) mass is 278 g/mol. The third-order valence-corrected chi connectivity index (χ3v) is 4.32. The van der Waals surface area contributed by atoms with Gasteiger partial charge in [-0.3, -0.25) is 0 Å². The first-order valence-electron chi connectivity index (χ1n) is 6.85. The van der Waals surface area contributed by atoms with Gasteiger partial charge < -0.3 is 19.2 Å². The Morgan fingerprint density at radius 3 is 2.20 bits per heavy atom. The molecule has 0 amide bonds. The van der Waals surface area contributed by atoms with E-state index in [1.54, 1.807) is 0 Å². The van der Waals surface area contributed by atoms with E-state index < -0.39 is 13.4 Å². The number of aliphatic hydroxyl groups is 1. The van der Waals surface area contributed by atoms with Crippen LogP contribution in [0.5, 0.6) is 0 Å². The van der Waals surface area contributed by atoms with Crippen LogP contribution in [0.15, 0.2) is 18.2 Å². The largest absolute Gasteiger partial charge is 0.495 e. The molecule has 20 heavy (non-hydrogen) atoms. The van der Waals surface area contributed by atoms with Crippen LogP contribution in [0.1, 0.15) is 45.1 Å². The molecule has 1 aromatic carbocycles. The van der Waals surface area contributed by atoms with Gasteiger partial charge in [-0.05, 0) is 40.1 Å². The van der Waals surface area contributed by atoms with E-state index in [1.165, 1.54) is 7.11 Å². The van der Waals surface area contributed by atoms with Crippen LogP contribution < -0.4 is 5.46 Å².